The van der Waals surface area contributed by atoms with Crippen LogP contribution in [-0.2, 0) is 54.4 Å². The maximum atomic E-state index is 13.6. The van der Waals surface area contributed by atoms with Gasteiger partial charge in [0.25, 0.3) is 0 Å². The summed E-state index contributed by atoms with van der Waals surface area (Å²) in [4.78, 5) is 137. The minimum Gasteiger partial charge on any atom is -0.480 e. The number of nitrogens with two attached hydrogens (primary N) is 1. The number of aliphatic hydroxyl groups is 2. The molecule has 0 aromatic carbocycles. The Hall–Kier alpha value is -6.21. The summed E-state index contributed by atoms with van der Waals surface area (Å²) < 4.78 is 0. The van der Waals surface area contributed by atoms with Crippen molar-refractivity contribution < 1.29 is 63.3 Å². The number of carbonyl (C=O) groups excluding carboxylic acids is 9. The number of carboxylic acid groups (broad SMARTS) is 1. The standard InChI is InChI=1S/C41H70N12O13/c1-17(2)28(48-26(56)13-42)37(61)50-31(20(7)8)36(60)47-25(12-24-14-43-16-45-24)34(58)44-15-27(57)49-29(18(3)4)38(62)52-33(23(11)55)40(64)53-32(22(10)54)39(63)51-30(19(5)6)35(59)46-21(9)41(65)66/h14,16-23,25,28-33,54-55H,12-13,15,42H2,1-11H3,(H,43,45)(H,44,58)(H,46,59)(H,47,60)(H,48,56)(H,49,57)(H,50,61)(H,51,63)(H,52,62)(H,53,64)(H,65,66)/t21-,22+,23+,25-,28-,29-,30-,31-,32-,33-/m0/s1. The van der Waals surface area contributed by atoms with Crippen LogP contribution in [0.3, 0.4) is 0 Å². The first-order valence-corrected chi connectivity index (χ1v) is 21.6. The zero-order valence-electron chi connectivity index (χ0n) is 39.3. The smallest absolute Gasteiger partial charge is 0.325 e. The maximum absolute atomic E-state index is 13.6. The maximum Gasteiger partial charge on any atom is 0.325 e. The molecule has 0 saturated carbocycles. The Balaban J connectivity index is 3.16. The number of nitrogens with zero attached hydrogens (tertiary/aromatic N) is 1. The van der Waals surface area contributed by atoms with Crippen molar-refractivity contribution in [1.29, 1.82) is 0 Å². The summed E-state index contributed by atoms with van der Waals surface area (Å²) in [7, 11) is 0. The van der Waals surface area contributed by atoms with Crippen LogP contribution in [-0.4, -0.2) is 158 Å². The highest BCUT2D eigenvalue weighted by Crippen LogP contribution is 2.10. The molecule has 10 atom stereocenters. The van der Waals surface area contributed by atoms with Crippen LogP contribution in [0.1, 0.15) is 81.9 Å². The Morgan fingerprint density at radius 2 is 0.894 bits per heavy atom. The fraction of sp³-hybridized carbons (Fsp3) is 0.683. The molecule has 66 heavy (non-hydrogen) atoms. The molecule has 1 heterocycles. The van der Waals surface area contributed by atoms with Gasteiger partial charge in [-0.3, -0.25) is 47.9 Å². The summed E-state index contributed by atoms with van der Waals surface area (Å²) in [5, 5.41) is 52.0. The second kappa shape index (κ2) is 27.3. The SMILES string of the molecule is CC(C)[C@H](NC(=O)CN)C(=O)N[C@H](C(=O)N[C@@H](Cc1cnc[nH]1)C(=O)NCC(=O)N[C@H](C(=O)N[C@H](C(=O)N[C@H](C(=O)N[C@H](C(=O)N[C@@H](C)C(=O)O)C(C)C)[C@@H](C)O)[C@@H](C)O)C(C)C)C(C)C. The average Bonchev–Trinajstić information content (AvgIpc) is 3.74. The first-order chi connectivity index (χ1) is 30.6. The van der Waals surface area contributed by atoms with Crippen LogP contribution < -0.4 is 53.6 Å². The predicted octanol–water partition coefficient (Wildman–Crippen LogP) is -4.60. The van der Waals surface area contributed by atoms with Gasteiger partial charge in [-0.25, -0.2) is 4.98 Å². The van der Waals surface area contributed by atoms with Gasteiger partial charge in [0, 0.05) is 18.3 Å². The Bertz CT molecular complexity index is 1840. The molecule has 15 N–H and O–H groups in total. The molecular formula is C41H70N12O13. The molecule has 0 fully saturated rings. The Labute approximate surface area is 383 Å². The molecule has 0 radical (unpaired) electrons. The van der Waals surface area contributed by atoms with Crippen molar-refractivity contribution in [3.8, 4) is 0 Å². The van der Waals surface area contributed by atoms with Gasteiger partial charge in [0.05, 0.1) is 31.6 Å². The van der Waals surface area contributed by atoms with E-state index in [-0.39, 0.29) is 18.9 Å². The zero-order valence-corrected chi connectivity index (χ0v) is 39.3. The number of amides is 9. The largest absolute Gasteiger partial charge is 0.480 e. The van der Waals surface area contributed by atoms with E-state index in [9.17, 15) is 58.2 Å². The summed E-state index contributed by atoms with van der Waals surface area (Å²) in [6.45, 7) is 15.4. The van der Waals surface area contributed by atoms with E-state index < -0.39 is 144 Å². The lowest BCUT2D eigenvalue weighted by Gasteiger charge is -2.30. The normalized spacial score (nSPS) is 15.9. The number of imidazole rings is 1. The van der Waals surface area contributed by atoms with Gasteiger partial charge in [-0.1, -0.05) is 55.4 Å². The van der Waals surface area contributed by atoms with E-state index in [1.807, 2.05) is 0 Å². The quantitative estimate of drug-likeness (QED) is 0.0395. The molecule has 25 heteroatoms. The highest BCUT2D eigenvalue weighted by Gasteiger charge is 2.37. The van der Waals surface area contributed by atoms with Crippen LogP contribution in [0, 0.1) is 23.7 Å². The number of carboxylic acids is 1. The molecule has 0 saturated heterocycles. The Kier molecular flexibility index (Phi) is 23.9. The highest BCUT2D eigenvalue weighted by molar-refractivity contribution is 5.98. The fourth-order valence-corrected chi connectivity index (χ4v) is 6.12. The van der Waals surface area contributed by atoms with Crippen molar-refractivity contribution in [3.63, 3.8) is 0 Å². The zero-order chi connectivity index (χ0) is 50.7. The van der Waals surface area contributed by atoms with E-state index in [0.717, 1.165) is 13.8 Å². The number of aromatic amines is 1. The van der Waals surface area contributed by atoms with Gasteiger partial charge in [0.1, 0.15) is 48.3 Å². The average molecular weight is 939 g/mol. The molecular weight excluding hydrogens is 869 g/mol. The lowest BCUT2D eigenvalue weighted by molar-refractivity contribution is -0.142. The minimum atomic E-state index is -1.75. The number of nitrogens with one attached hydrogen (secondary N) is 10. The van der Waals surface area contributed by atoms with E-state index >= 15 is 0 Å². The third kappa shape index (κ3) is 18.7. The molecule has 0 unspecified atom stereocenters. The molecule has 0 aliphatic carbocycles. The number of aliphatic hydroxyl groups excluding tert-OH is 2. The number of aliphatic carboxylic acids is 1. The summed E-state index contributed by atoms with van der Waals surface area (Å²) in [6, 6.07) is -10.9. The van der Waals surface area contributed by atoms with Crippen LogP contribution in [0.2, 0.25) is 0 Å². The molecule has 9 amide bonds. The van der Waals surface area contributed by atoms with Crippen molar-refractivity contribution >= 4 is 59.1 Å². The topological polar surface area (TPSA) is 394 Å². The van der Waals surface area contributed by atoms with E-state index in [0.29, 0.717) is 5.69 Å². The number of rotatable bonds is 27. The van der Waals surface area contributed by atoms with Gasteiger partial charge in [0.2, 0.25) is 53.2 Å². The van der Waals surface area contributed by atoms with Gasteiger partial charge in [-0.05, 0) is 44.4 Å². The predicted molar refractivity (Wildman–Crippen MR) is 236 cm³/mol. The Morgan fingerprint density at radius 1 is 0.530 bits per heavy atom. The van der Waals surface area contributed by atoms with Crippen LogP contribution in [0.15, 0.2) is 12.5 Å². The van der Waals surface area contributed by atoms with Gasteiger partial charge in [0.15, 0.2) is 0 Å². The highest BCUT2D eigenvalue weighted by atomic mass is 16.4. The van der Waals surface area contributed by atoms with Crippen molar-refractivity contribution in [1.82, 2.24) is 57.8 Å². The molecule has 0 bridgehead atoms. The number of hydrogen-bond donors (Lipinski definition) is 14. The molecule has 25 nitrogen and oxygen atoms in total. The van der Waals surface area contributed by atoms with Crippen molar-refractivity contribution in [2.45, 2.75) is 143 Å². The van der Waals surface area contributed by atoms with Crippen LogP contribution in [0.5, 0.6) is 0 Å². The lowest BCUT2D eigenvalue weighted by Crippen LogP contribution is -2.63. The van der Waals surface area contributed by atoms with Gasteiger partial charge >= 0.3 is 5.97 Å². The first-order valence-electron chi connectivity index (χ1n) is 21.6. The fourth-order valence-electron chi connectivity index (χ4n) is 6.12. The summed E-state index contributed by atoms with van der Waals surface area (Å²) in [6.07, 6.45) is -0.537. The third-order valence-corrected chi connectivity index (χ3v) is 10.1. The molecule has 372 valence electrons. The lowest BCUT2D eigenvalue weighted by atomic mass is 9.99. The molecule has 1 rings (SSSR count). The molecule has 1 aromatic heterocycles. The second-order valence-electron chi connectivity index (χ2n) is 17.3. The van der Waals surface area contributed by atoms with Crippen LogP contribution >= 0.6 is 0 Å². The molecule has 1 aromatic rings. The molecule has 0 spiro atoms. The van der Waals surface area contributed by atoms with E-state index in [1.54, 1.807) is 55.4 Å². The third-order valence-electron chi connectivity index (χ3n) is 10.1. The first kappa shape index (κ1) is 57.8. The van der Waals surface area contributed by atoms with Crippen molar-refractivity contribution in [2.24, 2.45) is 29.4 Å². The monoisotopic (exact) mass is 939 g/mol. The summed E-state index contributed by atoms with van der Waals surface area (Å²) in [5.74, 6) is -11.1. The van der Waals surface area contributed by atoms with E-state index in [2.05, 4.69) is 57.8 Å². The minimum absolute atomic E-state index is 0.129. The van der Waals surface area contributed by atoms with Gasteiger partial charge < -0.3 is 73.9 Å². The van der Waals surface area contributed by atoms with E-state index in [4.69, 9.17) is 10.8 Å². The molecule has 0 aliphatic heterocycles. The summed E-state index contributed by atoms with van der Waals surface area (Å²) in [5.41, 5.74) is 5.83. The second-order valence-corrected chi connectivity index (χ2v) is 17.3. The Morgan fingerprint density at radius 3 is 1.26 bits per heavy atom. The number of aromatic nitrogens is 2. The summed E-state index contributed by atoms with van der Waals surface area (Å²) >= 11 is 0. The molecule has 0 aliphatic rings. The van der Waals surface area contributed by atoms with Gasteiger partial charge in [-0.15, -0.1) is 0 Å². The van der Waals surface area contributed by atoms with Crippen LogP contribution in [0.4, 0.5) is 0 Å². The van der Waals surface area contributed by atoms with Crippen LogP contribution in [0.25, 0.3) is 0 Å². The van der Waals surface area contributed by atoms with E-state index in [1.165, 1.54) is 19.4 Å². The van der Waals surface area contributed by atoms with Gasteiger partial charge in [-0.2, -0.15) is 0 Å². The van der Waals surface area contributed by atoms with Crippen molar-refractivity contribution in [3.05, 3.63) is 18.2 Å². The number of hydrogen-bond acceptors (Lipinski definition) is 14. The number of H-pyrrole nitrogens is 1. The number of carbonyl (C=O) groups is 10. The van der Waals surface area contributed by atoms with Crippen molar-refractivity contribution in [2.75, 3.05) is 13.1 Å².